The van der Waals surface area contributed by atoms with Gasteiger partial charge in [-0.05, 0) is 30.5 Å². The maximum atomic E-state index is 11.6. The van der Waals surface area contributed by atoms with Crippen molar-refractivity contribution in [2.24, 2.45) is 0 Å². The first kappa shape index (κ1) is 13.2. The molecule has 3 aliphatic heterocycles. The summed E-state index contributed by atoms with van der Waals surface area (Å²) >= 11 is 0. The van der Waals surface area contributed by atoms with Crippen LogP contribution in [0.15, 0.2) is 12.1 Å². The molecular weight excluding hydrogens is 268 g/mol. The molecule has 0 radical (unpaired) electrons. The van der Waals surface area contributed by atoms with E-state index in [9.17, 15) is 9.90 Å². The molecule has 3 heterocycles. The number of cyclic esters (lactones) is 1. The highest BCUT2D eigenvalue weighted by Crippen LogP contribution is 2.31. The van der Waals surface area contributed by atoms with Crippen LogP contribution in [0.25, 0.3) is 0 Å². The fourth-order valence-electron chi connectivity index (χ4n) is 3.92. The average Bonchev–Trinajstić information content (AvgIpc) is 3.15. The summed E-state index contributed by atoms with van der Waals surface area (Å²) in [7, 11) is 0. The second-order valence-corrected chi connectivity index (χ2v) is 6.35. The van der Waals surface area contributed by atoms with Gasteiger partial charge >= 0.3 is 5.97 Å². The summed E-state index contributed by atoms with van der Waals surface area (Å²) in [5, 5.41) is 14.1. The van der Waals surface area contributed by atoms with Gasteiger partial charge in [-0.2, -0.15) is 0 Å². The molecule has 4 rings (SSSR count). The molecule has 1 aromatic carbocycles. The van der Waals surface area contributed by atoms with E-state index in [1.165, 1.54) is 6.42 Å². The minimum absolute atomic E-state index is 0.253. The number of ether oxygens (including phenoxy) is 1. The molecule has 0 aromatic heterocycles. The molecule has 1 aromatic rings. The minimum atomic E-state index is -0.509. The number of nitrogens with one attached hydrogen (secondary N) is 1. The van der Waals surface area contributed by atoms with Crippen LogP contribution < -0.4 is 5.32 Å². The van der Waals surface area contributed by atoms with Gasteiger partial charge in [0, 0.05) is 37.3 Å². The summed E-state index contributed by atoms with van der Waals surface area (Å²) in [5.41, 5.74) is 3.49. The van der Waals surface area contributed by atoms with E-state index in [1.807, 2.05) is 13.0 Å². The number of benzene rings is 1. The highest BCUT2D eigenvalue weighted by atomic mass is 16.5. The van der Waals surface area contributed by atoms with E-state index in [4.69, 9.17) is 4.74 Å². The number of esters is 1. The molecule has 0 spiro atoms. The second-order valence-electron chi connectivity index (χ2n) is 6.35. The van der Waals surface area contributed by atoms with E-state index < -0.39 is 6.10 Å². The van der Waals surface area contributed by atoms with E-state index in [2.05, 4.69) is 10.2 Å². The molecular formula is C16H20N2O3. The van der Waals surface area contributed by atoms with Gasteiger partial charge in [-0.1, -0.05) is 6.07 Å². The third kappa shape index (κ3) is 2.08. The van der Waals surface area contributed by atoms with Crippen LogP contribution in [0.4, 0.5) is 0 Å². The van der Waals surface area contributed by atoms with Crippen LogP contribution in [0.2, 0.25) is 0 Å². The number of β-amino-alcohol motifs (C(OH)–C–C–N with tert-alkyl or cyclic N) is 1. The molecule has 21 heavy (non-hydrogen) atoms. The van der Waals surface area contributed by atoms with Crippen molar-refractivity contribution in [3.8, 4) is 0 Å². The van der Waals surface area contributed by atoms with Crippen LogP contribution in [-0.4, -0.2) is 47.7 Å². The molecule has 0 saturated carbocycles. The SMILES string of the molecule is Cc1c([C@@H](O)CN2C[C@H]3C[C@@H]2CN3)ccc2c1COC2=O. The third-order valence-electron chi connectivity index (χ3n) is 5.14. The predicted octanol–water partition coefficient (Wildman–Crippen LogP) is 0.745. The Bertz CT molecular complexity index is 601. The first-order chi connectivity index (χ1) is 10.1. The first-order valence-corrected chi connectivity index (χ1v) is 7.58. The number of nitrogens with zero attached hydrogens (tertiary/aromatic N) is 1. The lowest BCUT2D eigenvalue weighted by molar-refractivity contribution is 0.0535. The van der Waals surface area contributed by atoms with Crippen molar-refractivity contribution in [3.63, 3.8) is 0 Å². The van der Waals surface area contributed by atoms with Gasteiger partial charge in [0.05, 0.1) is 11.7 Å². The van der Waals surface area contributed by atoms with Crippen LogP contribution in [0, 0.1) is 6.92 Å². The van der Waals surface area contributed by atoms with E-state index in [1.54, 1.807) is 6.07 Å². The Kier molecular flexibility index (Phi) is 3.03. The van der Waals surface area contributed by atoms with Crippen molar-refractivity contribution < 1.29 is 14.6 Å². The Labute approximate surface area is 123 Å². The van der Waals surface area contributed by atoms with Crippen molar-refractivity contribution in [1.82, 2.24) is 10.2 Å². The second kappa shape index (κ2) is 4.80. The van der Waals surface area contributed by atoms with Gasteiger partial charge in [-0.15, -0.1) is 0 Å². The zero-order valence-corrected chi connectivity index (χ0v) is 12.1. The summed E-state index contributed by atoms with van der Waals surface area (Å²) in [5.74, 6) is -0.253. The van der Waals surface area contributed by atoms with Gasteiger partial charge in [0.2, 0.25) is 0 Å². The van der Waals surface area contributed by atoms with Gasteiger partial charge < -0.3 is 15.2 Å². The number of likely N-dealkylation sites (tertiary alicyclic amines) is 1. The molecule has 0 aliphatic carbocycles. The number of carbonyl (C=O) groups is 1. The Morgan fingerprint density at radius 1 is 1.52 bits per heavy atom. The number of piperazine rings is 1. The van der Waals surface area contributed by atoms with Gasteiger partial charge in [0.25, 0.3) is 0 Å². The maximum absolute atomic E-state index is 11.6. The van der Waals surface area contributed by atoms with Crippen LogP contribution >= 0.6 is 0 Å². The number of aliphatic hydroxyl groups excluding tert-OH is 1. The Balaban J connectivity index is 1.55. The zero-order valence-electron chi connectivity index (χ0n) is 12.1. The van der Waals surface area contributed by atoms with Crippen LogP contribution in [0.5, 0.6) is 0 Å². The molecule has 0 unspecified atom stereocenters. The zero-order chi connectivity index (χ0) is 14.6. The summed E-state index contributed by atoms with van der Waals surface area (Å²) < 4.78 is 5.07. The monoisotopic (exact) mass is 288 g/mol. The molecule has 5 heteroatoms. The van der Waals surface area contributed by atoms with E-state index in [0.29, 0.717) is 30.8 Å². The summed E-state index contributed by atoms with van der Waals surface area (Å²) in [4.78, 5) is 13.9. The van der Waals surface area contributed by atoms with E-state index in [0.717, 1.165) is 29.8 Å². The molecule has 3 aliphatic rings. The average molecular weight is 288 g/mol. The molecule has 112 valence electrons. The standard InChI is InChI=1S/C16H20N2O3/c1-9-12(2-3-13-14(9)8-21-16(13)20)15(19)7-18-6-10-4-11(18)5-17-10/h2-3,10-11,15,17,19H,4-8H2,1H3/t10-,11-,15+/m1/s1. The van der Waals surface area contributed by atoms with E-state index in [-0.39, 0.29) is 5.97 Å². The normalized spacial score (nSPS) is 28.8. The Hall–Kier alpha value is -1.43. The summed E-state index contributed by atoms with van der Waals surface area (Å²) in [6, 6.07) is 4.81. The molecule has 2 N–H and O–H groups in total. The number of hydrogen-bond donors (Lipinski definition) is 2. The minimum Gasteiger partial charge on any atom is -0.457 e. The van der Waals surface area contributed by atoms with Crippen LogP contribution in [0.1, 0.15) is 39.6 Å². The molecule has 0 amide bonds. The summed E-state index contributed by atoms with van der Waals surface area (Å²) in [6.07, 6.45) is 0.684. The maximum Gasteiger partial charge on any atom is 0.338 e. The van der Waals surface area contributed by atoms with Crippen molar-refractivity contribution >= 4 is 5.97 Å². The van der Waals surface area contributed by atoms with Crippen molar-refractivity contribution in [2.45, 2.75) is 38.1 Å². The van der Waals surface area contributed by atoms with Crippen molar-refractivity contribution in [3.05, 3.63) is 34.4 Å². The molecule has 3 atom stereocenters. The first-order valence-electron chi connectivity index (χ1n) is 7.58. The van der Waals surface area contributed by atoms with E-state index >= 15 is 0 Å². The number of aliphatic hydroxyl groups is 1. The largest absolute Gasteiger partial charge is 0.457 e. The predicted molar refractivity (Wildman–Crippen MR) is 77.0 cm³/mol. The van der Waals surface area contributed by atoms with Crippen LogP contribution in [0.3, 0.4) is 0 Å². The smallest absolute Gasteiger partial charge is 0.338 e. The lowest BCUT2D eigenvalue weighted by atomic mass is 9.95. The van der Waals surface area contributed by atoms with Crippen LogP contribution in [-0.2, 0) is 11.3 Å². The molecule has 2 bridgehead atoms. The summed E-state index contributed by atoms with van der Waals surface area (Å²) in [6.45, 7) is 5.02. The lowest BCUT2D eigenvalue weighted by Gasteiger charge is -2.29. The fraction of sp³-hybridized carbons (Fsp3) is 0.562. The highest BCUT2D eigenvalue weighted by molar-refractivity contribution is 5.93. The van der Waals surface area contributed by atoms with Crippen molar-refractivity contribution in [2.75, 3.05) is 19.6 Å². The van der Waals surface area contributed by atoms with Gasteiger partial charge in [0.1, 0.15) is 6.61 Å². The van der Waals surface area contributed by atoms with Crippen molar-refractivity contribution in [1.29, 1.82) is 0 Å². The molecule has 2 saturated heterocycles. The fourth-order valence-corrected chi connectivity index (χ4v) is 3.92. The number of fused-ring (bicyclic) bond motifs is 3. The Morgan fingerprint density at radius 2 is 2.38 bits per heavy atom. The highest BCUT2D eigenvalue weighted by Gasteiger charge is 2.38. The van der Waals surface area contributed by atoms with Gasteiger partial charge in [-0.25, -0.2) is 4.79 Å². The Morgan fingerprint density at radius 3 is 3.10 bits per heavy atom. The number of rotatable bonds is 3. The molecule has 2 fully saturated rings. The quantitative estimate of drug-likeness (QED) is 0.804. The molecule has 5 nitrogen and oxygen atoms in total. The number of carbonyl (C=O) groups excluding carboxylic acids is 1. The van der Waals surface area contributed by atoms with Gasteiger partial charge in [-0.3, -0.25) is 4.90 Å². The van der Waals surface area contributed by atoms with Gasteiger partial charge in [0.15, 0.2) is 0 Å². The third-order valence-corrected chi connectivity index (χ3v) is 5.14. The number of hydrogen-bond acceptors (Lipinski definition) is 5. The topological polar surface area (TPSA) is 61.8 Å². The lowest BCUT2D eigenvalue weighted by Crippen LogP contribution is -2.45.